The van der Waals surface area contributed by atoms with Gasteiger partial charge in [0.15, 0.2) is 0 Å². The maximum atomic E-state index is 12.5. The second kappa shape index (κ2) is 5.59. The van der Waals surface area contributed by atoms with E-state index in [2.05, 4.69) is 15.6 Å². The number of hydrogen-bond acceptors (Lipinski definition) is 5. The van der Waals surface area contributed by atoms with Crippen molar-refractivity contribution in [2.24, 2.45) is 0 Å². The van der Waals surface area contributed by atoms with Crippen molar-refractivity contribution in [3.05, 3.63) is 24.0 Å². The normalized spacial score (nSPS) is 25.2. The van der Waals surface area contributed by atoms with E-state index in [1.54, 1.807) is 25.4 Å². The van der Waals surface area contributed by atoms with Gasteiger partial charge in [0.1, 0.15) is 11.3 Å². The van der Waals surface area contributed by atoms with E-state index in [0.29, 0.717) is 29.2 Å². The Balaban J connectivity index is 1.53. The lowest BCUT2D eigenvalue weighted by atomic mass is 9.95. The van der Waals surface area contributed by atoms with Gasteiger partial charge in [-0.25, -0.2) is 0 Å². The van der Waals surface area contributed by atoms with Gasteiger partial charge in [0.25, 0.3) is 5.91 Å². The zero-order valence-corrected chi connectivity index (χ0v) is 13.7. The van der Waals surface area contributed by atoms with Crippen molar-refractivity contribution in [3.8, 4) is 0 Å². The number of rotatable bonds is 3. The summed E-state index contributed by atoms with van der Waals surface area (Å²) in [4.78, 5) is 29.5. The molecule has 0 aromatic carbocycles. The Hall–Kier alpha value is -2.41. The fourth-order valence-corrected chi connectivity index (χ4v) is 3.59. The first kappa shape index (κ1) is 15.1. The molecule has 4 rings (SSSR count). The number of fused-ring (bicyclic) bond motifs is 3. The minimum atomic E-state index is -0.186. The number of nitrogens with zero attached hydrogens (tertiary/aromatic N) is 2. The lowest BCUT2D eigenvalue weighted by Gasteiger charge is -2.21. The molecule has 2 aliphatic rings. The van der Waals surface area contributed by atoms with Gasteiger partial charge in [-0.1, -0.05) is 0 Å². The third-order valence-corrected chi connectivity index (χ3v) is 5.04. The van der Waals surface area contributed by atoms with Crippen molar-refractivity contribution in [1.82, 2.24) is 15.6 Å². The number of aromatic nitrogens is 1. The molecule has 7 nitrogen and oxygen atoms in total. The van der Waals surface area contributed by atoms with Crippen molar-refractivity contribution in [1.29, 1.82) is 0 Å². The lowest BCUT2D eigenvalue weighted by molar-refractivity contribution is -0.116. The van der Waals surface area contributed by atoms with E-state index in [4.69, 9.17) is 4.42 Å². The van der Waals surface area contributed by atoms with Crippen LogP contribution in [0, 0.1) is 0 Å². The lowest BCUT2D eigenvalue weighted by Crippen LogP contribution is -2.43. The number of anilines is 1. The highest BCUT2D eigenvalue weighted by atomic mass is 16.4. The Morgan fingerprint density at radius 1 is 1.38 bits per heavy atom. The van der Waals surface area contributed by atoms with Crippen molar-refractivity contribution in [2.75, 3.05) is 11.9 Å². The third-order valence-electron chi connectivity index (χ3n) is 5.04. The van der Waals surface area contributed by atoms with Gasteiger partial charge in [-0.3, -0.25) is 19.5 Å². The molecule has 4 heterocycles. The summed E-state index contributed by atoms with van der Waals surface area (Å²) >= 11 is 0. The van der Waals surface area contributed by atoms with Gasteiger partial charge in [-0.2, -0.15) is 0 Å². The molecule has 2 amide bonds. The number of nitrogens with one attached hydrogen (secondary N) is 2. The molecule has 0 aliphatic carbocycles. The van der Waals surface area contributed by atoms with E-state index < -0.39 is 0 Å². The van der Waals surface area contributed by atoms with Gasteiger partial charge in [0.2, 0.25) is 11.8 Å². The second-order valence-corrected chi connectivity index (χ2v) is 6.63. The number of hydrogen-bond donors (Lipinski definition) is 2. The smallest absolute Gasteiger partial charge is 0.270 e. The summed E-state index contributed by atoms with van der Waals surface area (Å²) in [6.45, 7) is 1.47. The monoisotopic (exact) mass is 328 g/mol. The number of amides is 2. The number of furan rings is 1. The van der Waals surface area contributed by atoms with Gasteiger partial charge in [-0.05, 0) is 19.3 Å². The van der Waals surface area contributed by atoms with E-state index in [1.165, 1.54) is 18.2 Å². The summed E-state index contributed by atoms with van der Waals surface area (Å²) in [7, 11) is 1.64. The van der Waals surface area contributed by atoms with Crippen molar-refractivity contribution in [3.63, 3.8) is 0 Å². The predicted octanol–water partition coefficient (Wildman–Crippen LogP) is 1.43. The summed E-state index contributed by atoms with van der Waals surface area (Å²) in [5.41, 5.74) is 0.876. The maximum absolute atomic E-state index is 12.5. The van der Waals surface area contributed by atoms with Gasteiger partial charge in [0.05, 0.1) is 0 Å². The van der Waals surface area contributed by atoms with E-state index in [-0.39, 0.29) is 17.9 Å². The van der Waals surface area contributed by atoms with Crippen molar-refractivity contribution in [2.45, 2.75) is 44.3 Å². The Labute approximate surface area is 139 Å². The molecule has 24 heavy (non-hydrogen) atoms. The Bertz CT molecular complexity index is 815. The van der Waals surface area contributed by atoms with E-state index >= 15 is 0 Å². The van der Waals surface area contributed by atoms with Crippen LogP contribution >= 0.6 is 0 Å². The van der Waals surface area contributed by atoms with E-state index in [1.807, 2.05) is 0 Å². The van der Waals surface area contributed by atoms with Gasteiger partial charge >= 0.3 is 0 Å². The first-order valence-electron chi connectivity index (χ1n) is 8.22. The molecule has 2 bridgehead atoms. The van der Waals surface area contributed by atoms with Crippen molar-refractivity contribution < 1.29 is 14.0 Å². The number of carbonyl (C=O) groups excluding carboxylic acids is 2. The minimum Gasteiger partial charge on any atom is -0.440 e. The topological polar surface area (TPSA) is 87.5 Å². The average molecular weight is 328 g/mol. The van der Waals surface area contributed by atoms with Crippen molar-refractivity contribution >= 4 is 28.7 Å². The van der Waals surface area contributed by atoms with Crippen LogP contribution in [0.4, 0.5) is 5.88 Å². The highest BCUT2D eigenvalue weighted by Gasteiger charge is 2.39. The Morgan fingerprint density at radius 3 is 2.88 bits per heavy atom. The molecule has 0 saturated carbocycles. The third kappa shape index (κ3) is 2.54. The molecule has 7 heteroatoms. The molecule has 2 aromatic heterocycles. The molecular formula is C17H20N4O3. The highest BCUT2D eigenvalue weighted by molar-refractivity contribution is 5.97. The quantitative estimate of drug-likeness (QED) is 0.890. The highest BCUT2D eigenvalue weighted by Crippen LogP contribution is 2.29. The standard InChI is InChI=1S/C17H20N4O3/c1-9(22)21(2)16-5-10-8-18-14(7-15(10)24-16)17(23)20-13-6-11-3-4-12(13)19-11/h5,7-8,11-13,19H,3-4,6H2,1-2H3,(H,20,23)/t11-,12+,13-/m1/s1. The molecule has 2 fully saturated rings. The summed E-state index contributed by atoms with van der Waals surface area (Å²) in [5.74, 6) is 0.132. The summed E-state index contributed by atoms with van der Waals surface area (Å²) in [5, 5.41) is 7.33. The molecule has 126 valence electrons. The summed E-state index contributed by atoms with van der Waals surface area (Å²) < 4.78 is 5.67. The molecule has 2 aliphatic heterocycles. The van der Waals surface area contributed by atoms with Crippen LogP contribution in [0.1, 0.15) is 36.7 Å². The van der Waals surface area contributed by atoms with Crippen LogP contribution in [0.25, 0.3) is 11.0 Å². The maximum Gasteiger partial charge on any atom is 0.270 e. The van der Waals surface area contributed by atoms with Crippen LogP contribution in [0.2, 0.25) is 0 Å². The molecule has 2 aromatic rings. The first-order valence-corrected chi connectivity index (χ1v) is 8.22. The average Bonchev–Trinajstić information content (AvgIpc) is 3.27. The minimum absolute atomic E-state index is 0.122. The molecule has 3 atom stereocenters. The molecule has 0 unspecified atom stereocenters. The van der Waals surface area contributed by atoms with Crippen LogP contribution in [0.5, 0.6) is 0 Å². The molecular weight excluding hydrogens is 308 g/mol. The molecule has 2 saturated heterocycles. The zero-order chi connectivity index (χ0) is 16.8. The van der Waals surface area contributed by atoms with Gasteiger partial charge in [0, 0.05) is 55.8 Å². The zero-order valence-electron chi connectivity index (χ0n) is 13.7. The molecule has 0 radical (unpaired) electrons. The molecule has 0 spiro atoms. The van der Waals surface area contributed by atoms with Gasteiger partial charge in [-0.15, -0.1) is 0 Å². The first-order chi connectivity index (χ1) is 11.5. The van der Waals surface area contributed by atoms with Crippen LogP contribution in [0.3, 0.4) is 0 Å². The van der Waals surface area contributed by atoms with Gasteiger partial charge < -0.3 is 15.1 Å². The Morgan fingerprint density at radius 2 is 2.21 bits per heavy atom. The fourth-order valence-electron chi connectivity index (χ4n) is 3.59. The second-order valence-electron chi connectivity index (χ2n) is 6.63. The fraction of sp³-hybridized carbons (Fsp3) is 0.471. The van der Waals surface area contributed by atoms with E-state index in [0.717, 1.165) is 18.2 Å². The van der Waals surface area contributed by atoms with Crippen LogP contribution in [-0.4, -0.2) is 42.0 Å². The Kier molecular flexibility index (Phi) is 3.53. The summed E-state index contributed by atoms with van der Waals surface area (Å²) in [6.07, 6.45) is 4.89. The largest absolute Gasteiger partial charge is 0.440 e. The molecule has 2 N–H and O–H groups in total. The van der Waals surface area contributed by atoms with Crippen LogP contribution < -0.4 is 15.5 Å². The van der Waals surface area contributed by atoms with Crippen LogP contribution in [0.15, 0.2) is 22.7 Å². The van der Waals surface area contributed by atoms with E-state index in [9.17, 15) is 9.59 Å². The number of carbonyl (C=O) groups is 2. The predicted molar refractivity (Wildman–Crippen MR) is 88.9 cm³/mol. The number of pyridine rings is 1. The van der Waals surface area contributed by atoms with Crippen LogP contribution in [-0.2, 0) is 4.79 Å². The summed E-state index contributed by atoms with van der Waals surface area (Å²) in [6, 6.07) is 4.45. The SMILES string of the molecule is CC(=O)N(C)c1cc2cnc(C(=O)N[C@@H]3C[C@H]4CC[C@@H]3N4)cc2o1.